The van der Waals surface area contributed by atoms with Crippen molar-refractivity contribution in [3.63, 3.8) is 0 Å². The van der Waals surface area contributed by atoms with E-state index in [4.69, 9.17) is 24.3 Å². The number of hydrogen-bond acceptors (Lipinski definition) is 8. The molecule has 1 aliphatic heterocycles. The number of hydrogen-bond donors (Lipinski definition) is 3. The third-order valence-corrected chi connectivity index (χ3v) is 7.68. The minimum atomic E-state index is -1.57. The maximum atomic E-state index is 14.4. The van der Waals surface area contributed by atoms with Gasteiger partial charge in [-0.1, -0.05) is 53.6 Å². The van der Waals surface area contributed by atoms with Crippen molar-refractivity contribution < 1.29 is 28.5 Å². The lowest BCUT2D eigenvalue weighted by Crippen LogP contribution is -2.54. The molecule has 0 aliphatic carbocycles. The number of nitrogens with zero attached hydrogens (tertiary/aromatic N) is 4. The monoisotopic (exact) mass is 638 g/mol. The first-order valence-corrected chi connectivity index (χ1v) is 15.1. The lowest BCUT2D eigenvalue weighted by atomic mass is 9.81. The van der Waals surface area contributed by atoms with Crippen LogP contribution in [0.25, 0.3) is 10.4 Å². The topological polar surface area (TPSA) is 150 Å². The normalized spacial score (nSPS) is 16.8. The van der Waals surface area contributed by atoms with Crippen molar-refractivity contribution in [1.82, 2.24) is 10.9 Å². The summed E-state index contributed by atoms with van der Waals surface area (Å²) in [6.45, 7) is 0.761. The Balaban J connectivity index is 1.53. The zero-order valence-electron chi connectivity index (χ0n) is 25.8. The molecule has 47 heavy (non-hydrogen) atoms. The number of benzene rings is 4. The van der Waals surface area contributed by atoms with Crippen LogP contribution in [0.15, 0.2) is 107 Å². The summed E-state index contributed by atoms with van der Waals surface area (Å²) in [7, 11) is 1.56. The van der Waals surface area contributed by atoms with Crippen molar-refractivity contribution in [2.45, 2.75) is 30.9 Å². The average Bonchev–Trinajstić information content (AvgIpc) is 3.49. The van der Waals surface area contributed by atoms with E-state index in [0.717, 1.165) is 5.56 Å². The molecule has 0 saturated carbocycles. The molecule has 0 spiro atoms. The fourth-order valence-corrected chi connectivity index (χ4v) is 5.29. The van der Waals surface area contributed by atoms with Crippen LogP contribution < -0.4 is 20.3 Å². The zero-order valence-corrected chi connectivity index (χ0v) is 25.8. The molecule has 12 heteroatoms. The lowest BCUT2D eigenvalue weighted by Gasteiger charge is -2.31. The molecular weight excluding hydrogens is 603 g/mol. The van der Waals surface area contributed by atoms with Gasteiger partial charge in [0.1, 0.15) is 17.3 Å². The minimum absolute atomic E-state index is 0.0292. The Kier molecular flexibility index (Phi) is 11.0. The number of carbonyl (C=O) groups excluding carboxylic acids is 1. The van der Waals surface area contributed by atoms with Crippen LogP contribution in [0.1, 0.15) is 34.8 Å². The van der Waals surface area contributed by atoms with E-state index in [1.807, 2.05) is 12.1 Å². The summed E-state index contributed by atoms with van der Waals surface area (Å²) in [6, 6.07) is 27.5. The number of hydrazine groups is 1. The fourth-order valence-electron chi connectivity index (χ4n) is 5.29. The van der Waals surface area contributed by atoms with Crippen molar-refractivity contribution in [3.05, 3.63) is 136 Å². The van der Waals surface area contributed by atoms with Crippen molar-refractivity contribution in [2.24, 2.45) is 10.1 Å². The second-order valence-corrected chi connectivity index (χ2v) is 10.8. The van der Waals surface area contributed by atoms with Crippen LogP contribution in [0.2, 0.25) is 0 Å². The molecule has 0 bridgehead atoms. The van der Waals surface area contributed by atoms with Crippen LogP contribution >= 0.6 is 0 Å². The average molecular weight is 639 g/mol. The highest BCUT2D eigenvalue weighted by Gasteiger charge is 2.53. The smallest absolute Gasteiger partial charge is 0.266 e. The van der Waals surface area contributed by atoms with Crippen LogP contribution in [0, 0.1) is 5.82 Å². The molecule has 4 aromatic carbocycles. The number of methoxy groups -OCH3 is 1. The van der Waals surface area contributed by atoms with Gasteiger partial charge in [-0.2, -0.15) is 0 Å². The Morgan fingerprint density at radius 3 is 2.60 bits per heavy atom. The van der Waals surface area contributed by atoms with E-state index in [2.05, 4.69) is 20.9 Å². The summed E-state index contributed by atoms with van der Waals surface area (Å²) in [5.41, 5.74) is 16.6. The SMILES string of the molecule is COc1cccc([C@@H]2OC(c3ccc(OCCCO)cc3)=N[C@]2(Cc2ccccc2N=[N+]=[N-])C(=O)NNCCc2ccc(F)cc2)c1. The highest BCUT2D eigenvalue weighted by molar-refractivity contribution is 6.01. The van der Waals surface area contributed by atoms with Gasteiger partial charge in [-0.3, -0.25) is 10.2 Å². The van der Waals surface area contributed by atoms with E-state index in [1.54, 1.807) is 79.9 Å². The second kappa shape index (κ2) is 15.7. The molecule has 4 aromatic rings. The highest BCUT2D eigenvalue weighted by Crippen LogP contribution is 2.44. The van der Waals surface area contributed by atoms with E-state index >= 15 is 0 Å². The number of amides is 1. The number of halogens is 1. The van der Waals surface area contributed by atoms with Crippen molar-refractivity contribution in [2.75, 3.05) is 26.9 Å². The number of carbonyl (C=O) groups is 1. The first kappa shape index (κ1) is 33.0. The van der Waals surface area contributed by atoms with E-state index in [9.17, 15) is 14.7 Å². The Bertz CT molecular complexity index is 1740. The maximum Gasteiger partial charge on any atom is 0.266 e. The Hall–Kier alpha value is -5.42. The summed E-state index contributed by atoms with van der Waals surface area (Å²) in [5, 5.41) is 12.9. The lowest BCUT2D eigenvalue weighted by molar-refractivity contribution is -0.130. The summed E-state index contributed by atoms with van der Waals surface area (Å²) < 4.78 is 31.1. The van der Waals surface area contributed by atoms with Crippen molar-refractivity contribution in [3.8, 4) is 11.5 Å². The number of aliphatic hydroxyl groups is 1. The van der Waals surface area contributed by atoms with Gasteiger partial charge in [0.15, 0.2) is 11.6 Å². The summed E-state index contributed by atoms with van der Waals surface area (Å²) in [4.78, 5) is 22.4. The van der Waals surface area contributed by atoms with Gasteiger partial charge in [-0.25, -0.2) is 14.8 Å². The van der Waals surface area contributed by atoms with Gasteiger partial charge in [0.05, 0.1) is 13.7 Å². The van der Waals surface area contributed by atoms with E-state index in [1.165, 1.54) is 12.1 Å². The third-order valence-electron chi connectivity index (χ3n) is 7.68. The van der Waals surface area contributed by atoms with Gasteiger partial charge in [0.2, 0.25) is 5.90 Å². The number of azide groups is 1. The van der Waals surface area contributed by atoms with Crippen LogP contribution in [0.3, 0.4) is 0 Å². The van der Waals surface area contributed by atoms with Crippen LogP contribution in [-0.2, 0) is 22.4 Å². The third kappa shape index (κ3) is 8.06. The predicted octanol–water partition coefficient (Wildman–Crippen LogP) is 5.90. The van der Waals surface area contributed by atoms with Crippen molar-refractivity contribution in [1.29, 1.82) is 0 Å². The van der Waals surface area contributed by atoms with Gasteiger partial charge in [-0.05, 0) is 77.2 Å². The molecule has 1 heterocycles. The molecule has 0 radical (unpaired) electrons. The fraction of sp³-hybridized carbons (Fsp3) is 0.257. The summed E-state index contributed by atoms with van der Waals surface area (Å²) in [6.07, 6.45) is 0.157. The molecule has 242 valence electrons. The highest BCUT2D eigenvalue weighted by atomic mass is 19.1. The molecule has 2 atom stereocenters. The molecular formula is C35H35FN6O5. The van der Waals surface area contributed by atoms with Gasteiger partial charge in [-0.15, -0.1) is 0 Å². The van der Waals surface area contributed by atoms with E-state index < -0.39 is 17.6 Å². The molecule has 0 aromatic heterocycles. The maximum absolute atomic E-state index is 14.4. The number of ether oxygens (including phenoxy) is 3. The molecule has 1 amide bonds. The minimum Gasteiger partial charge on any atom is -0.497 e. The zero-order chi connectivity index (χ0) is 33.1. The van der Waals surface area contributed by atoms with Crippen LogP contribution in [0.5, 0.6) is 11.5 Å². The van der Waals surface area contributed by atoms with E-state index in [-0.39, 0.29) is 24.7 Å². The van der Waals surface area contributed by atoms with Crippen LogP contribution in [0.4, 0.5) is 10.1 Å². The Morgan fingerprint density at radius 2 is 1.85 bits per heavy atom. The molecule has 5 rings (SSSR count). The first-order valence-electron chi connectivity index (χ1n) is 15.1. The molecule has 3 N–H and O–H groups in total. The summed E-state index contributed by atoms with van der Waals surface area (Å²) in [5.74, 6) is 0.634. The molecule has 11 nitrogen and oxygen atoms in total. The molecule has 0 unspecified atom stereocenters. The number of aliphatic hydroxyl groups excluding tert-OH is 1. The van der Waals surface area contributed by atoms with Crippen LogP contribution in [-0.4, -0.2) is 49.3 Å². The summed E-state index contributed by atoms with van der Waals surface area (Å²) >= 11 is 0. The quantitative estimate of drug-likeness (QED) is 0.0485. The first-order chi connectivity index (χ1) is 23.0. The molecule has 1 aliphatic rings. The molecule has 0 fully saturated rings. The number of nitrogens with one attached hydrogen (secondary N) is 2. The van der Waals surface area contributed by atoms with Crippen molar-refractivity contribution >= 4 is 17.5 Å². The largest absolute Gasteiger partial charge is 0.497 e. The van der Waals surface area contributed by atoms with Gasteiger partial charge in [0.25, 0.3) is 5.91 Å². The second-order valence-electron chi connectivity index (χ2n) is 10.8. The Morgan fingerprint density at radius 1 is 1.06 bits per heavy atom. The van der Waals surface area contributed by atoms with Gasteiger partial charge in [0, 0.05) is 42.2 Å². The Labute approximate surface area is 271 Å². The molecule has 0 saturated heterocycles. The van der Waals surface area contributed by atoms with Gasteiger partial charge < -0.3 is 19.3 Å². The predicted molar refractivity (Wildman–Crippen MR) is 175 cm³/mol. The number of rotatable bonds is 15. The standard InChI is InChI=1S/C35H35FN6O5/c1-45-30-8-4-7-26(22-30)32-35(23-27-6-2-3-9-31(27)40-42-37,34(44)41-38-19-18-24-10-14-28(36)15-11-24)39-33(47-32)25-12-16-29(17-13-25)46-21-5-20-43/h2-4,6-17,22,32,38,43H,5,18-21,23H2,1H3,(H,41,44)/t32-,35-/m0/s1. The van der Waals surface area contributed by atoms with E-state index in [0.29, 0.717) is 59.9 Å². The number of aliphatic imine (C=N–C) groups is 1. The van der Waals surface area contributed by atoms with Gasteiger partial charge >= 0.3 is 0 Å².